The maximum Gasteiger partial charge on any atom is 0.439 e. The Hall–Kier alpha value is -4.17. The molecule has 0 atom stereocenters. The molecule has 6 rings (SSSR count). The lowest BCUT2D eigenvalue weighted by atomic mass is 9.89. The lowest BCUT2D eigenvalue weighted by Crippen LogP contribution is -2.02. The van der Waals surface area contributed by atoms with E-state index in [4.69, 9.17) is 25.8 Å². The highest BCUT2D eigenvalue weighted by molar-refractivity contribution is 6.30. The second-order valence-electron chi connectivity index (χ2n) is 8.97. The molecule has 0 bridgehead atoms. The molecule has 0 amide bonds. The maximum absolute atomic E-state index is 14.1. The summed E-state index contributed by atoms with van der Waals surface area (Å²) in [4.78, 5) is 19.0. The number of nitrogens with one attached hydrogen (secondary N) is 1. The van der Waals surface area contributed by atoms with E-state index >= 15 is 0 Å². The Bertz CT molecular complexity index is 1770. The zero-order chi connectivity index (χ0) is 25.7. The van der Waals surface area contributed by atoms with Crippen molar-refractivity contribution in [3.05, 3.63) is 116 Å². The summed E-state index contributed by atoms with van der Waals surface area (Å²) in [6.45, 7) is 4.19. The molecule has 37 heavy (non-hydrogen) atoms. The number of fused-ring (bicyclic) bond motifs is 3. The molecule has 5 aromatic rings. The summed E-state index contributed by atoms with van der Waals surface area (Å²) >= 11 is 6.19. The number of rotatable bonds is 4. The van der Waals surface area contributed by atoms with E-state index < -0.39 is 11.6 Å². The van der Waals surface area contributed by atoms with Crippen LogP contribution in [-0.2, 0) is 19.4 Å². The van der Waals surface area contributed by atoms with Gasteiger partial charge in [0.2, 0.25) is 0 Å². The highest BCUT2D eigenvalue weighted by Crippen LogP contribution is 2.41. The van der Waals surface area contributed by atoms with Crippen LogP contribution in [0.1, 0.15) is 53.3 Å². The first-order chi connectivity index (χ1) is 17.9. The van der Waals surface area contributed by atoms with E-state index in [0.717, 1.165) is 45.7 Å². The summed E-state index contributed by atoms with van der Waals surface area (Å²) in [6, 6.07) is 14.4. The third kappa shape index (κ3) is 4.13. The molecule has 9 heteroatoms. The Morgan fingerprint density at radius 2 is 2.00 bits per heavy atom. The number of ether oxygens (including phenoxy) is 1. The first-order valence-corrected chi connectivity index (χ1v) is 12.3. The van der Waals surface area contributed by atoms with E-state index in [-0.39, 0.29) is 6.61 Å². The fraction of sp³-hybridized carbons (Fsp3) is 0.179. The molecule has 7 nitrogen and oxygen atoms in total. The van der Waals surface area contributed by atoms with Crippen LogP contribution in [0.4, 0.5) is 4.39 Å². The van der Waals surface area contributed by atoms with Crippen LogP contribution in [0.25, 0.3) is 16.8 Å². The number of aromatic amines is 1. The number of nitrogens with zero attached hydrogens (tertiary/aromatic N) is 3. The van der Waals surface area contributed by atoms with Crippen LogP contribution in [0.15, 0.2) is 64.0 Å². The predicted octanol–water partition coefficient (Wildman–Crippen LogP) is 5.83. The van der Waals surface area contributed by atoms with Crippen molar-refractivity contribution in [1.82, 2.24) is 19.5 Å². The van der Waals surface area contributed by atoms with Gasteiger partial charge in [0.15, 0.2) is 5.82 Å². The first kappa shape index (κ1) is 23.2. The Kier molecular flexibility index (Phi) is 5.68. The number of pyridine rings is 1. The van der Waals surface area contributed by atoms with Crippen LogP contribution in [0.2, 0.25) is 5.02 Å². The third-order valence-corrected chi connectivity index (χ3v) is 6.92. The summed E-state index contributed by atoms with van der Waals surface area (Å²) in [6.07, 6.45) is 3.40. The quantitative estimate of drug-likeness (QED) is 0.325. The van der Waals surface area contributed by atoms with Gasteiger partial charge < -0.3 is 9.14 Å². The molecule has 186 valence electrons. The summed E-state index contributed by atoms with van der Waals surface area (Å²) < 4.78 is 27.0. The minimum Gasteiger partial charge on any atom is -0.488 e. The van der Waals surface area contributed by atoms with Gasteiger partial charge in [-0.05, 0) is 53.8 Å². The molecule has 0 saturated heterocycles. The molecule has 0 spiro atoms. The maximum atomic E-state index is 14.1. The molecule has 0 radical (unpaired) electrons. The molecule has 0 unspecified atom stereocenters. The molecule has 1 aliphatic rings. The summed E-state index contributed by atoms with van der Waals surface area (Å²) in [7, 11) is 0. The third-order valence-electron chi connectivity index (χ3n) is 6.68. The molecule has 1 aliphatic heterocycles. The number of allylic oxidation sites excluding steroid dienone is 1. The summed E-state index contributed by atoms with van der Waals surface area (Å²) in [5.41, 5.74) is 8.04. The van der Waals surface area contributed by atoms with Crippen molar-refractivity contribution in [2.24, 2.45) is 0 Å². The second kappa shape index (κ2) is 9.05. The molecular formula is C28H22ClFN4O3. The second-order valence-corrected chi connectivity index (χ2v) is 9.41. The highest BCUT2D eigenvalue weighted by Gasteiger charge is 2.24. The number of halogens is 2. The molecule has 0 fully saturated rings. The van der Waals surface area contributed by atoms with Crippen LogP contribution in [0.3, 0.4) is 0 Å². The molecule has 4 heterocycles. The van der Waals surface area contributed by atoms with Gasteiger partial charge in [0, 0.05) is 46.6 Å². The van der Waals surface area contributed by atoms with Crippen LogP contribution in [0, 0.1) is 5.82 Å². The summed E-state index contributed by atoms with van der Waals surface area (Å²) in [5.74, 6) is -0.304. The largest absolute Gasteiger partial charge is 0.488 e. The van der Waals surface area contributed by atoms with Crippen molar-refractivity contribution in [1.29, 1.82) is 0 Å². The highest BCUT2D eigenvalue weighted by atomic mass is 35.5. The van der Waals surface area contributed by atoms with Gasteiger partial charge in [-0.2, -0.15) is 0 Å². The van der Waals surface area contributed by atoms with Gasteiger partial charge in [-0.1, -0.05) is 41.9 Å². The lowest BCUT2D eigenvalue weighted by Gasteiger charge is -2.14. The molecule has 1 N–H and O–H groups in total. The number of aromatic nitrogens is 4. The number of aryl methyl sites for hydroxylation is 1. The van der Waals surface area contributed by atoms with Crippen molar-refractivity contribution < 1.29 is 13.7 Å². The fourth-order valence-electron chi connectivity index (χ4n) is 4.94. The van der Waals surface area contributed by atoms with E-state index in [9.17, 15) is 9.18 Å². The van der Waals surface area contributed by atoms with Crippen molar-refractivity contribution in [3.8, 4) is 5.75 Å². The SMILES string of the molecule is CCc1nc2cc(Cl)ccn2c1Cc1ccc2c(c1)COc1cc(F)ccc1C2=C(C)c1noc(=O)[nH]1. The van der Waals surface area contributed by atoms with Gasteiger partial charge in [0.05, 0.1) is 5.69 Å². The van der Waals surface area contributed by atoms with E-state index in [1.807, 2.05) is 31.3 Å². The Morgan fingerprint density at radius 3 is 2.78 bits per heavy atom. The topological polar surface area (TPSA) is 85.4 Å². The zero-order valence-electron chi connectivity index (χ0n) is 20.1. The molecule has 0 saturated carbocycles. The molecule has 3 aromatic heterocycles. The van der Waals surface area contributed by atoms with Gasteiger partial charge in [-0.3, -0.25) is 9.51 Å². The van der Waals surface area contributed by atoms with E-state index in [0.29, 0.717) is 34.2 Å². The summed E-state index contributed by atoms with van der Waals surface area (Å²) in [5, 5.41) is 4.52. The van der Waals surface area contributed by atoms with Crippen molar-refractivity contribution >= 4 is 28.4 Å². The number of hydrogen-bond donors (Lipinski definition) is 1. The van der Waals surface area contributed by atoms with Crippen molar-refractivity contribution in [2.75, 3.05) is 0 Å². The van der Waals surface area contributed by atoms with Crippen LogP contribution in [-0.4, -0.2) is 19.5 Å². The normalized spacial score (nSPS) is 14.2. The van der Waals surface area contributed by atoms with Crippen LogP contribution < -0.4 is 10.5 Å². The Labute approximate surface area is 216 Å². The number of H-pyrrole nitrogens is 1. The fourth-order valence-corrected chi connectivity index (χ4v) is 5.09. The van der Waals surface area contributed by atoms with Gasteiger partial charge >= 0.3 is 5.76 Å². The smallest absolute Gasteiger partial charge is 0.439 e. The minimum absolute atomic E-state index is 0.259. The van der Waals surface area contributed by atoms with Gasteiger partial charge in [-0.25, -0.2) is 14.2 Å². The van der Waals surface area contributed by atoms with E-state index in [2.05, 4.69) is 33.6 Å². The monoisotopic (exact) mass is 516 g/mol. The van der Waals surface area contributed by atoms with Crippen LogP contribution >= 0.6 is 11.6 Å². The van der Waals surface area contributed by atoms with Gasteiger partial charge in [0.25, 0.3) is 0 Å². The average Bonchev–Trinajstić information content (AvgIpc) is 3.42. The number of hydrogen-bond acceptors (Lipinski definition) is 5. The molecule has 0 aliphatic carbocycles. The van der Waals surface area contributed by atoms with Crippen molar-refractivity contribution in [3.63, 3.8) is 0 Å². The predicted molar refractivity (Wildman–Crippen MR) is 138 cm³/mol. The number of imidazole rings is 1. The van der Waals surface area contributed by atoms with E-state index in [1.165, 1.54) is 12.1 Å². The lowest BCUT2D eigenvalue weighted by molar-refractivity contribution is 0.305. The van der Waals surface area contributed by atoms with E-state index in [1.54, 1.807) is 6.07 Å². The van der Waals surface area contributed by atoms with Gasteiger partial charge in [0.1, 0.15) is 23.8 Å². The molecular weight excluding hydrogens is 495 g/mol. The van der Waals surface area contributed by atoms with Crippen LogP contribution in [0.5, 0.6) is 5.75 Å². The van der Waals surface area contributed by atoms with Gasteiger partial charge in [-0.15, -0.1) is 0 Å². The Balaban J connectivity index is 1.48. The number of benzene rings is 2. The average molecular weight is 517 g/mol. The zero-order valence-corrected chi connectivity index (χ0v) is 20.9. The first-order valence-electron chi connectivity index (χ1n) is 11.9. The minimum atomic E-state index is -0.643. The standard InChI is InChI=1S/C28H22ClFN4O3/c1-3-22-23(34-9-8-18(29)12-25(34)31-22)11-16-4-6-20-17(10-16)14-36-24-13-19(30)5-7-21(24)26(20)15(2)27-32-28(35)37-33-27/h4-10,12-13H,3,11,14H2,1-2H3,(H,32,33,35). The van der Waals surface area contributed by atoms with Crippen molar-refractivity contribution in [2.45, 2.75) is 33.3 Å². The Morgan fingerprint density at radius 1 is 1.16 bits per heavy atom. The molecule has 2 aromatic carbocycles.